The van der Waals surface area contributed by atoms with Crippen molar-refractivity contribution in [3.05, 3.63) is 29.6 Å². The van der Waals surface area contributed by atoms with Crippen LogP contribution < -0.4 is 0 Å². The summed E-state index contributed by atoms with van der Waals surface area (Å²) < 4.78 is 66.5. The first-order valence-corrected chi connectivity index (χ1v) is 8.57. The summed E-state index contributed by atoms with van der Waals surface area (Å²) in [4.78, 5) is -1.09. The van der Waals surface area contributed by atoms with E-state index < -0.39 is 32.4 Å². The van der Waals surface area contributed by atoms with Gasteiger partial charge in [0.2, 0.25) is 10.0 Å². The van der Waals surface area contributed by atoms with Gasteiger partial charge in [-0.2, -0.15) is 4.31 Å². The van der Waals surface area contributed by atoms with Crippen molar-refractivity contribution in [2.75, 3.05) is 12.4 Å². The fraction of sp³-hybridized carbons (Fsp3) is 0.538. The molecule has 0 aromatic heterocycles. The third kappa shape index (κ3) is 3.35. The molecule has 0 amide bonds. The molecule has 2 rings (SSSR count). The Balaban J connectivity index is 2.45. The molecule has 1 unspecified atom stereocenters. The molecule has 1 fully saturated rings. The standard InChI is InChI=1S/C13H15ClF3NO2S/c14-5-4-10-3-1-2-6-18(10)21(19,20)13-11(16)7-9(15)8-12(13)17/h7-8,10H,1-6H2. The molecular formula is C13H15ClF3NO2S. The van der Waals surface area contributed by atoms with Gasteiger partial charge in [0.1, 0.15) is 17.5 Å². The van der Waals surface area contributed by atoms with Crippen LogP contribution in [0.5, 0.6) is 0 Å². The van der Waals surface area contributed by atoms with E-state index in [9.17, 15) is 21.6 Å². The van der Waals surface area contributed by atoms with Crippen molar-refractivity contribution in [3.8, 4) is 0 Å². The minimum atomic E-state index is -4.35. The Morgan fingerprint density at radius 2 is 1.81 bits per heavy atom. The van der Waals surface area contributed by atoms with E-state index in [0.717, 1.165) is 10.7 Å². The molecule has 8 heteroatoms. The second-order valence-electron chi connectivity index (χ2n) is 4.94. The molecule has 1 atom stereocenters. The zero-order valence-electron chi connectivity index (χ0n) is 11.2. The molecule has 0 bridgehead atoms. The number of hydrogen-bond acceptors (Lipinski definition) is 2. The monoisotopic (exact) mass is 341 g/mol. The summed E-state index contributed by atoms with van der Waals surface area (Å²) in [5.41, 5.74) is 0. The first-order valence-electron chi connectivity index (χ1n) is 6.60. The van der Waals surface area contributed by atoms with Gasteiger partial charge in [0.05, 0.1) is 0 Å². The summed E-state index contributed by atoms with van der Waals surface area (Å²) in [6.07, 6.45) is 2.45. The molecule has 1 aromatic rings. The van der Waals surface area contributed by atoms with Crippen molar-refractivity contribution in [1.29, 1.82) is 0 Å². The maximum atomic E-state index is 13.8. The Kier molecular flexibility index (Phi) is 5.16. The van der Waals surface area contributed by atoms with Crippen molar-refractivity contribution >= 4 is 21.6 Å². The van der Waals surface area contributed by atoms with Crippen LogP contribution in [0.25, 0.3) is 0 Å². The van der Waals surface area contributed by atoms with Gasteiger partial charge in [0, 0.05) is 30.6 Å². The molecule has 118 valence electrons. The summed E-state index contributed by atoms with van der Waals surface area (Å²) in [5.74, 6) is -3.73. The summed E-state index contributed by atoms with van der Waals surface area (Å²) in [6, 6.07) is 0.359. The van der Waals surface area contributed by atoms with Crippen LogP contribution in [-0.2, 0) is 10.0 Å². The SMILES string of the molecule is O=S(=O)(c1c(F)cc(F)cc1F)N1CCCCC1CCCl. The van der Waals surface area contributed by atoms with Gasteiger partial charge >= 0.3 is 0 Å². The Hall–Kier alpha value is -0.790. The van der Waals surface area contributed by atoms with Crippen LogP contribution in [-0.4, -0.2) is 31.2 Å². The topological polar surface area (TPSA) is 37.4 Å². The van der Waals surface area contributed by atoms with Crippen LogP contribution >= 0.6 is 11.6 Å². The molecule has 0 aliphatic carbocycles. The second-order valence-corrected chi connectivity index (χ2v) is 7.15. The number of nitrogens with zero attached hydrogens (tertiary/aromatic N) is 1. The van der Waals surface area contributed by atoms with E-state index in [2.05, 4.69) is 0 Å². The third-order valence-electron chi connectivity index (χ3n) is 3.55. The van der Waals surface area contributed by atoms with E-state index in [1.165, 1.54) is 0 Å². The average molecular weight is 342 g/mol. The highest BCUT2D eigenvalue weighted by molar-refractivity contribution is 7.89. The largest absolute Gasteiger partial charge is 0.249 e. The summed E-state index contributed by atoms with van der Waals surface area (Å²) in [5, 5.41) is 0. The van der Waals surface area contributed by atoms with Gasteiger partial charge in [0.25, 0.3) is 0 Å². The van der Waals surface area contributed by atoms with E-state index in [4.69, 9.17) is 11.6 Å². The van der Waals surface area contributed by atoms with Crippen molar-refractivity contribution in [3.63, 3.8) is 0 Å². The lowest BCUT2D eigenvalue weighted by Gasteiger charge is -2.34. The summed E-state index contributed by atoms with van der Waals surface area (Å²) >= 11 is 5.66. The number of alkyl halides is 1. The Labute approximate surface area is 126 Å². The number of rotatable bonds is 4. The maximum Gasteiger partial charge on any atom is 0.249 e. The normalized spacial score (nSPS) is 20.7. The molecule has 1 aliphatic rings. The quantitative estimate of drug-likeness (QED) is 0.788. The summed E-state index contributed by atoms with van der Waals surface area (Å²) in [7, 11) is -4.35. The Morgan fingerprint density at radius 1 is 1.19 bits per heavy atom. The predicted octanol–water partition coefficient (Wildman–Crippen LogP) is 3.28. The molecule has 1 aromatic carbocycles. The van der Waals surface area contributed by atoms with Gasteiger partial charge in [-0.05, 0) is 19.3 Å². The minimum Gasteiger partial charge on any atom is -0.207 e. The number of piperidine rings is 1. The second kappa shape index (κ2) is 6.54. The number of benzene rings is 1. The molecule has 3 nitrogen and oxygen atoms in total. The lowest BCUT2D eigenvalue weighted by atomic mass is 10.0. The van der Waals surface area contributed by atoms with Gasteiger partial charge in [-0.3, -0.25) is 0 Å². The van der Waals surface area contributed by atoms with E-state index in [-0.39, 0.29) is 18.5 Å². The Bertz CT molecular complexity index is 599. The number of halogens is 4. The lowest BCUT2D eigenvalue weighted by Crippen LogP contribution is -2.44. The van der Waals surface area contributed by atoms with Gasteiger partial charge in [-0.15, -0.1) is 11.6 Å². The van der Waals surface area contributed by atoms with Gasteiger partial charge in [0.15, 0.2) is 4.90 Å². The molecular weight excluding hydrogens is 327 g/mol. The first-order chi connectivity index (χ1) is 9.87. The summed E-state index contributed by atoms with van der Waals surface area (Å²) in [6.45, 7) is 0.181. The van der Waals surface area contributed by atoms with E-state index >= 15 is 0 Å². The first kappa shape index (κ1) is 16.6. The molecule has 1 saturated heterocycles. The molecule has 0 radical (unpaired) electrons. The van der Waals surface area contributed by atoms with Crippen molar-refractivity contribution in [2.45, 2.75) is 36.6 Å². The van der Waals surface area contributed by atoms with E-state index in [0.29, 0.717) is 31.4 Å². The maximum absolute atomic E-state index is 13.8. The van der Waals surface area contributed by atoms with Crippen molar-refractivity contribution in [1.82, 2.24) is 4.31 Å². The minimum absolute atomic E-state index is 0.181. The van der Waals surface area contributed by atoms with Crippen LogP contribution in [0.15, 0.2) is 17.0 Å². The molecule has 1 heterocycles. The fourth-order valence-electron chi connectivity index (χ4n) is 2.60. The molecule has 1 aliphatic heterocycles. The smallest absolute Gasteiger partial charge is 0.207 e. The van der Waals surface area contributed by atoms with Crippen LogP contribution in [0.4, 0.5) is 13.2 Å². The van der Waals surface area contributed by atoms with Crippen molar-refractivity contribution in [2.24, 2.45) is 0 Å². The predicted molar refractivity (Wildman–Crippen MR) is 73.2 cm³/mol. The highest BCUT2D eigenvalue weighted by Crippen LogP contribution is 2.30. The van der Waals surface area contributed by atoms with E-state index in [1.807, 2.05) is 0 Å². The van der Waals surface area contributed by atoms with E-state index in [1.54, 1.807) is 0 Å². The zero-order chi connectivity index (χ0) is 15.6. The highest BCUT2D eigenvalue weighted by Gasteiger charge is 2.37. The molecule has 0 saturated carbocycles. The lowest BCUT2D eigenvalue weighted by molar-refractivity contribution is 0.246. The van der Waals surface area contributed by atoms with Crippen LogP contribution in [0.1, 0.15) is 25.7 Å². The van der Waals surface area contributed by atoms with Gasteiger partial charge in [-0.1, -0.05) is 6.42 Å². The van der Waals surface area contributed by atoms with Gasteiger partial charge in [-0.25, -0.2) is 21.6 Å². The molecule has 21 heavy (non-hydrogen) atoms. The highest BCUT2D eigenvalue weighted by atomic mass is 35.5. The molecule has 0 spiro atoms. The van der Waals surface area contributed by atoms with Crippen LogP contribution in [0.2, 0.25) is 0 Å². The third-order valence-corrected chi connectivity index (χ3v) is 5.77. The number of sulfonamides is 1. The van der Waals surface area contributed by atoms with Crippen LogP contribution in [0, 0.1) is 17.5 Å². The fourth-order valence-corrected chi connectivity index (χ4v) is 4.67. The van der Waals surface area contributed by atoms with Gasteiger partial charge < -0.3 is 0 Å². The number of hydrogen-bond donors (Lipinski definition) is 0. The zero-order valence-corrected chi connectivity index (χ0v) is 12.7. The van der Waals surface area contributed by atoms with Crippen LogP contribution in [0.3, 0.4) is 0 Å². The van der Waals surface area contributed by atoms with Crippen molar-refractivity contribution < 1.29 is 21.6 Å². The Morgan fingerprint density at radius 3 is 2.38 bits per heavy atom. The molecule has 0 N–H and O–H groups in total. The average Bonchev–Trinajstić information content (AvgIpc) is 2.37.